The zero-order valence-corrected chi connectivity index (χ0v) is 12.5. The van der Waals surface area contributed by atoms with Gasteiger partial charge in [-0.05, 0) is 31.4 Å². The number of rotatable bonds is 5. The van der Waals surface area contributed by atoms with Crippen LogP contribution in [0, 0.1) is 15.9 Å². The first-order chi connectivity index (χ1) is 10.5. The number of piperidine rings is 1. The third-order valence-electron chi connectivity index (χ3n) is 3.75. The molecule has 120 valence electrons. The van der Waals surface area contributed by atoms with Gasteiger partial charge < -0.3 is 10.2 Å². The fourth-order valence-electron chi connectivity index (χ4n) is 2.78. The van der Waals surface area contributed by atoms with Crippen molar-refractivity contribution in [2.24, 2.45) is 0 Å². The van der Waals surface area contributed by atoms with Gasteiger partial charge >= 0.3 is 5.69 Å². The van der Waals surface area contributed by atoms with Gasteiger partial charge in [0.05, 0.1) is 4.92 Å². The van der Waals surface area contributed by atoms with Crippen molar-refractivity contribution in [2.45, 2.75) is 38.6 Å². The second-order valence-corrected chi connectivity index (χ2v) is 5.47. The Hall–Kier alpha value is -2.18. The summed E-state index contributed by atoms with van der Waals surface area (Å²) in [4.78, 5) is 23.9. The van der Waals surface area contributed by atoms with Crippen molar-refractivity contribution in [3.8, 4) is 0 Å². The van der Waals surface area contributed by atoms with Crippen LogP contribution in [0.4, 0.5) is 15.8 Å². The van der Waals surface area contributed by atoms with E-state index in [1.165, 1.54) is 6.07 Å². The van der Waals surface area contributed by atoms with Gasteiger partial charge in [0.2, 0.25) is 11.7 Å². The molecule has 1 atom stereocenters. The molecule has 1 N–H and O–H groups in total. The number of hydrogen-bond acceptors (Lipinski definition) is 4. The normalized spacial score (nSPS) is 18.1. The number of hydrogen-bond donors (Lipinski definition) is 1. The lowest BCUT2D eigenvalue weighted by Crippen LogP contribution is -2.48. The van der Waals surface area contributed by atoms with E-state index in [4.69, 9.17) is 0 Å². The number of nitro benzene ring substituents is 1. The Labute approximate surface area is 128 Å². The molecule has 0 aliphatic carbocycles. The van der Waals surface area contributed by atoms with Gasteiger partial charge in [0, 0.05) is 25.6 Å². The van der Waals surface area contributed by atoms with E-state index in [0.29, 0.717) is 19.5 Å². The molecule has 2 rings (SSSR count). The quantitative estimate of drug-likeness (QED) is 0.670. The van der Waals surface area contributed by atoms with Crippen LogP contribution in [-0.2, 0) is 4.79 Å². The Kier molecular flexibility index (Phi) is 5.30. The minimum Gasteiger partial charge on any atom is -0.364 e. The Morgan fingerprint density at radius 3 is 3.00 bits per heavy atom. The van der Waals surface area contributed by atoms with E-state index in [1.807, 2.05) is 6.92 Å². The van der Waals surface area contributed by atoms with Crippen molar-refractivity contribution < 1.29 is 14.1 Å². The maximum Gasteiger partial charge on any atom is 0.327 e. The van der Waals surface area contributed by atoms with E-state index in [1.54, 1.807) is 11.0 Å². The number of benzene rings is 1. The van der Waals surface area contributed by atoms with Crippen molar-refractivity contribution in [2.75, 3.05) is 18.0 Å². The Balaban J connectivity index is 2.14. The van der Waals surface area contributed by atoms with Gasteiger partial charge in [-0.15, -0.1) is 0 Å². The van der Waals surface area contributed by atoms with Gasteiger partial charge in [0.1, 0.15) is 5.69 Å². The van der Waals surface area contributed by atoms with Gasteiger partial charge in [-0.25, -0.2) is 0 Å². The number of nitrogens with one attached hydrogen (secondary N) is 1. The lowest BCUT2D eigenvalue weighted by Gasteiger charge is -2.34. The molecule has 0 spiro atoms. The predicted octanol–water partition coefficient (Wildman–Crippen LogP) is 2.62. The molecule has 1 fully saturated rings. The fourth-order valence-corrected chi connectivity index (χ4v) is 2.78. The summed E-state index contributed by atoms with van der Waals surface area (Å²) >= 11 is 0. The van der Waals surface area contributed by atoms with Crippen LogP contribution in [0.2, 0.25) is 0 Å². The van der Waals surface area contributed by atoms with Gasteiger partial charge in [-0.2, -0.15) is 4.39 Å². The highest BCUT2D eigenvalue weighted by Gasteiger charge is 2.28. The summed E-state index contributed by atoms with van der Waals surface area (Å²) in [7, 11) is 0. The average Bonchev–Trinajstić information content (AvgIpc) is 2.47. The minimum absolute atomic E-state index is 0.0110. The number of carbonyl (C=O) groups excluding carboxylic acids is 1. The molecule has 1 amide bonds. The lowest BCUT2D eigenvalue weighted by molar-refractivity contribution is -0.386. The molecule has 1 aliphatic heterocycles. The summed E-state index contributed by atoms with van der Waals surface area (Å²) in [5.74, 6) is -0.845. The van der Waals surface area contributed by atoms with Crippen molar-refractivity contribution in [1.82, 2.24) is 5.32 Å². The molecule has 22 heavy (non-hydrogen) atoms. The SMILES string of the molecule is CCCC(=O)NC1CCCN(c2cccc(F)c2[N+](=O)[O-])C1. The molecular weight excluding hydrogens is 289 g/mol. The van der Waals surface area contributed by atoms with Crippen molar-refractivity contribution in [1.29, 1.82) is 0 Å². The number of amides is 1. The monoisotopic (exact) mass is 309 g/mol. The highest BCUT2D eigenvalue weighted by Crippen LogP contribution is 2.32. The second-order valence-electron chi connectivity index (χ2n) is 5.47. The first-order valence-corrected chi connectivity index (χ1v) is 7.50. The van der Waals surface area contributed by atoms with E-state index >= 15 is 0 Å². The van der Waals surface area contributed by atoms with Gasteiger partial charge in [0.25, 0.3) is 0 Å². The van der Waals surface area contributed by atoms with Gasteiger partial charge in [0.15, 0.2) is 0 Å². The molecule has 1 unspecified atom stereocenters. The Morgan fingerprint density at radius 1 is 1.55 bits per heavy atom. The van der Waals surface area contributed by atoms with E-state index < -0.39 is 16.4 Å². The van der Waals surface area contributed by atoms with E-state index in [-0.39, 0.29) is 17.6 Å². The lowest BCUT2D eigenvalue weighted by atomic mass is 10.0. The first-order valence-electron chi connectivity index (χ1n) is 7.50. The topological polar surface area (TPSA) is 75.5 Å². The minimum atomic E-state index is -0.834. The van der Waals surface area contributed by atoms with Crippen LogP contribution in [0.15, 0.2) is 18.2 Å². The van der Waals surface area contributed by atoms with Crippen LogP contribution < -0.4 is 10.2 Å². The molecule has 0 bridgehead atoms. The highest BCUT2D eigenvalue weighted by molar-refractivity contribution is 5.76. The molecule has 1 heterocycles. The maximum atomic E-state index is 13.7. The number of para-hydroxylation sites is 1. The number of carbonyl (C=O) groups is 1. The number of nitro groups is 1. The molecule has 7 heteroatoms. The largest absolute Gasteiger partial charge is 0.364 e. The molecule has 6 nitrogen and oxygen atoms in total. The summed E-state index contributed by atoms with van der Waals surface area (Å²) < 4.78 is 13.7. The van der Waals surface area contributed by atoms with Crippen LogP contribution in [0.1, 0.15) is 32.6 Å². The predicted molar refractivity (Wildman–Crippen MR) is 81.3 cm³/mol. The fraction of sp³-hybridized carbons (Fsp3) is 0.533. The van der Waals surface area contributed by atoms with Crippen LogP contribution >= 0.6 is 0 Å². The maximum absolute atomic E-state index is 13.7. The Bertz CT molecular complexity index is 565. The summed E-state index contributed by atoms with van der Waals surface area (Å²) in [6.45, 7) is 3.01. The van der Waals surface area contributed by atoms with E-state index in [9.17, 15) is 19.3 Å². The average molecular weight is 309 g/mol. The van der Waals surface area contributed by atoms with Gasteiger partial charge in [-0.1, -0.05) is 13.0 Å². The Morgan fingerprint density at radius 2 is 2.32 bits per heavy atom. The summed E-state index contributed by atoms with van der Waals surface area (Å²) in [5.41, 5.74) is -0.220. The van der Waals surface area contributed by atoms with E-state index in [2.05, 4.69) is 5.32 Å². The zero-order valence-electron chi connectivity index (χ0n) is 12.5. The molecule has 0 aromatic heterocycles. The van der Waals surface area contributed by atoms with Crippen LogP contribution in [-0.4, -0.2) is 30.0 Å². The third-order valence-corrected chi connectivity index (χ3v) is 3.75. The van der Waals surface area contributed by atoms with Gasteiger partial charge in [-0.3, -0.25) is 14.9 Å². The first kappa shape index (κ1) is 16.2. The standard InChI is InChI=1S/C15H20FN3O3/c1-2-5-14(20)17-11-6-4-9-18(10-11)13-8-3-7-12(16)15(13)19(21)22/h3,7-8,11H,2,4-6,9-10H2,1H3,(H,17,20). The van der Waals surface area contributed by atoms with Crippen LogP contribution in [0.3, 0.4) is 0 Å². The summed E-state index contributed by atoms with van der Waals surface area (Å²) in [6, 6.07) is 4.05. The molecular formula is C15H20FN3O3. The zero-order chi connectivity index (χ0) is 16.1. The van der Waals surface area contributed by atoms with Crippen molar-refractivity contribution in [3.63, 3.8) is 0 Å². The van der Waals surface area contributed by atoms with Crippen LogP contribution in [0.25, 0.3) is 0 Å². The number of anilines is 1. The number of nitrogens with zero attached hydrogens (tertiary/aromatic N) is 2. The van der Waals surface area contributed by atoms with Crippen molar-refractivity contribution in [3.05, 3.63) is 34.1 Å². The second kappa shape index (κ2) is 7.20. The molecule has 1 aromatic rings. The summed E-state index contributed by atoms with van der Waals surface area (Å²) in [5, 5.41) is 14.0. The third kappa shape index (κ3) is 3.72. The molecule has 1 aliphatic rings. The van der Waals surface area contributed by atoms with Crippen molar-refractivity contribution >= 4 is 17.3 Å². The van der Waals surface area contributed by atoms with E-state index in [0.717, 1.165) is 25.3 Å². The summed E-state index contributed by atoms with van der Waals surface area (Å²) in [6.07, 6.45) is 2.87. The molecule has 1 aromatic carbocycles. The number of halogens is 1. The molecule has 1 saturated heterocycles. The molecule has 0 saturated carbocycles. The molecule has 0 radical (unpaired) electrons. The smallest absolute Gasteiger partial charge is 0.327 e. The highest BCUT2D eigenvalue weighted by atomic mass is 19.1. The van der Waals surface area contributed by atoms with Crippen LogP contribution in [0.5, 0.6) is 0 Å².